The average Bonchev–Trinajstić information content (AvgIpc) is 2.97. The highest BCUT2D eigenvalue weighted by atomic mass is 19.4. The minimum absolute atomic E-state index is 0.454. The van der Waals surface area contributed by atoms with Crippen LogP contribution in [0, 0.1) is 6.92 Å². The van der Waals surface area contributed by atoms with Gasteiger partial charge < -0.3 is 0 Å². The summed E-state index contributed by atoms with van der Waals surface area (Å²) in [5.41, 5.74) is 1.72. The minimum Gasteiger partial charge on any atom is -0.285 e. The van der Waals surface area contributed by atoms with Crippen LogP contribution < -0.4 is 0 Å². The highest BCUT2D eigenvalue weighted by Gasteiger charge is 2.31. The van der Waals surface area contributed by atoms with Crippen molar-refractivity contribution in [2.45, 2.75) is 26.4 Å². The Kier molecular flexibility index (Phi) is 3.23. The van der Waals surface area contributed by atoms with Crippen molar-refractivity contribution < 1.29 is 13.2 Å². The largest absolute Gasteiger partial charge is 0.417 e. The zero-order valence-corrected chi connectivity index (χ0v) is 12.4. The fraction of sp³-hybridized carbons (Fsp3) is 0.333. The second-order valence-electron chi connectivity index (χ2n) is 5.19. The molecule has 0 bridgehead atoms. The molecule has 0 unspecified atom stereocenters. The Hall–Kier alpha value is -2.31. The van der Waals surface area contributed by atoms with E-state index in [0.29, 0.717) is 11.0 Å². The van der Waals surface area contributed by atoms with Crippen LogP contribution in [-0.4, -0.2) is 19.3 Å². The van der Waals surface area contributed by atoms with Crippen molar-refractivity contribution in [2.24, 2.45) is 7.05 Å². The molecule has 7 heteroatoms. The van der Waals surface area contributed by atoms with Gasteiger partial charge in [0.05, 0.1) is 11.3 Å². The van der Waals surface area contributed by atoms with Crippen molar-refractivity contribution in [3.05, 3.63) is 41.3 Å². The Bertz CT molecular complexity index is 842. The Labute approximate surface area is 125 Å². The van der Waals surface area contributed by atoms with Gasteiger partial charge in [0.25, 0.3) is 0 Å². The van der Waals surface area contributed by atoms with Crippen LogP contribution in [0.4, 0.5) is 13.2 Å². The number of alkyl halides is 3. The van der Waals surface area contributed by atoms with Crippen LogP contribution in [0.2, 0.25) is 0 Å². The van der Waals surface area contributed by atoms with E-state index < -0.39 is 11.7 Å². The predicted octanol–water partition coefficient (Wildman–Crippen LogP) is 3.65. The van der Waals surface area contributed by atoms with Gasteiger partial charge in [-0.3, -0.25) is 9.25 Å². The van der Waals surface area contributed by atoms with Crippen molar-refractivity contribution >= 4 is 11.0 Å². The lowest BCUT2D eigenvalue weighted by Crippen LogP contribution is -2.07. The first-order valence-electron chi connectivity index (χ1n) is 6.90. The predicted molar refractivity (Wildman–Crippen MR) is 77.0 cm³/mol. The van der Waals surface area contributed by atoms with Gasteiger partial charge in [-0.1, -0.05) is 6.92 Å². The molecule has 0 aliphatic carbocycles. The highest BCUT2D eigenvalue weighted by molar-refractivity contribution is 5.78. The second kappa shape index (κ2) is 4.86. The van der Waals surface area contributed by atoms with E-state index >= 15 is 0 Å². The molecule has 0 amide bonds. The molecule has 4 nitrogen and oxygen atoms in total. The Morgan fingerprint density at radius 2 is 2.00 bits per heavy atom. The molecule has 0 saturated heterocycles. The number of pyridine rings is 1. The molecule has 3 aromatic heterocycles. The number of nitrogens with zero attached hydrogens (tertiary/aromatic N) is 4. The molecule has 3 aromatic rings. The normalized spacial score (nSPS) is 12.3. The van der Waals surface area contributed by atoms with Gasteiger partial charge in [-0.05, 0) is 25.5 Å². The number of aromatic nitrogens is 4. The zero-order valence-electron chi connectivity index (χ0n) is 12.4. The van der Waals surface area contributed by atoms with Crippen LogP contribution in [0.25, 0.3) is 16.9 Å². The number of aryl methyl sites for hydroxylation is 2. The van der Waals surface area contributed by atoms with Crippen LogP contribution in [0.3, 0.4) is 0 Å². The third kappa shape index (κ3) is 2.17. The molecule has 0 aliphatic heterocycles. The molecule has 0 atom stereocenters. The van der Waals surface area contributed by atoms with Crippen LogP contribution in [-0.2, 0) is 19.6 Å². The molecule has 3 rings (SSSR count). The maximum absolute atomic E-state index is 12.8. The lowest BCUT2D eigenvalue weighted by Gasteiger charge is -2.09. The maximum Gasteiger partial charge on any atom is 0.417 e. The van der Waals surface area contributed by atoms with Crippen molar-refractivity contribution in [3.63, 3.8) is 0 Å². The Morgan fingerprint density at radius 1 is 1.27 bits per heavy atom. The van der Waals surface area contributed by atoms with Gasteiger partial charge >= 0.3 is 6.18 Å². The van der Waals surface area contributed by atoms with Gasteiger partial charge in [0.1, 0.15) is 11.5 Å². The van der Waals surface area contributed by atoms with Gasteiger partial charge in [0, 0.05) is 30.4 Å². The van der Waals surface area contributed by atoms with Gasteiger partial charge in [-0.2, -0.15) is 18.3 Å². The number of hydrogen-bond acceptors (Lipinski definition) is 2. The van der Waals surface area contributed by atoms with E-state index in [1.165, 1.54) is 0 Å². The van der Waals surface area contributed by atoms with E-state index in [1.54, 1.807) is 21.5 Å². The summed E-state index contributed by atoms with van der Waals surface area (Å²) in [4.78, 5) is 4.01. The summed E-state index contributed by atoms with van der Waals surface area (Å²) in [5.74, 6) is 0.835. The lowest BCUT2D eigenvalue weighted by molar-refractivity contribution is -0.137. The molecule has 0 saturated carbocycles. The summed E-state index contributed by atoms with van der Waals surface area (Å²) >= 11 is 0. The number of hydrogen-bond donors (Lipinski definition) is 0. The molecule has 0 fully saturated rings. The van der Waals surface area contributed by atoms with Crippen molar-refractivity contribution in [1.29, 1.82) is 0 Å². The van der Waals surface area contributed by atoms with E-state index in [0.717, 1.165) is 35.8 Å². The minimum atomic E-state index is -4.39. The second-order valence-corrected chi connectivity index (χ2v) is 5.19. The van der Waals surface area contributed by atoms with E-state index in [9.17, 15) is 13.2 Å². The Balaban J connectivity index is 2.22. The fourth-order valence-corrected chi connectivity index (χ4v) is 2.75. The summed E-state index contributed by atoms with van der Waals surface area (Å²) in [6.45, 7) is 3.94. The molecule has 0 aromatic carbocycles. The first-order chi connectivity index (χ1) is 10.3. The lowest BCUT2D eigenvalue weighted by atomic mass is 10.2. The molecule has 3 heterocycles. The van der Waals surface area contributed by atoms with Crippen LogP contribution in [0.1, 0.15) is 23.7 Å². The van der Waals surface area contributed by atoms with E-state index in [4.69, 9.17) is 0 Å². The average molecular weight is 308 g/mol. The molecule has 0 radical (unpaired) electrons. The summed E-state index contributed by atoms with van der Waals surface area (Å²) in [5, 5.41) is 4.84. The third-order valence-electron chi connectivity index (χ3n) is 3.75. The highest BCUT2D eigenvalue weighted by Crippen LogP contribution is 2.31. The zero-order chi connectivity index (χ0) is 16.1. The number of fused-ring (bicyclic) bond motifs is 1. The first kappa shape index (κ1) is 14.6. The summed E-state index contributed by atoms with van der Waals surface area (Å²) < 4.78 is 41.8. The van der Waals surface area contributed by atoms with E-state index in [2.05, 4.69) is 10.1 Å². The smallest absolute Gasteiger partial charge is 0.285 e. The van der Waals surface area contributed by atoms with Gasteiger partial charge in [-0.25, -0.2) is 4.98 Å². The Morgan fingerprint density at radius 3 is 2.64 bits per heavy atom. The van der Waals surface area contributed by atoms with Crippen molar-refractivity contribution in [1.82, 2.24) is 19.3 Å². The van der Waals surface area contributed by atoms with Crippen molar-refractivity contribution in [3.8, 4) is 5.82 Å². The standard InChI is InChI=1S/C15H15F3N4/c1-4-12-9(2)20-21(3)14(12)22-6-5-10-7-11(15(16,17)18)8-19-13(10)22/h5-8H,4H2,1-3H3. The third-order valence-corrected chi connectivity index (χ3v) is 3.75. The quantitative estimate of drug-likeness (QED) is 0.724. The molecule has 0 aliphatic rings. The summed E-state index contributed by atoms with van der Waals surface area (Å²) in [7, 11) is 1.82. The number of halogens is 3. The first-order valence-corrected chi connectivity index (χ1v) is 6.90. The van der Waals surface area contributed by atoms with Gasteiger partial charge in [-0.15, -0.1) is 0 Å². The maximum atomic E-state index is 12.8. The van der Waals surface area contributed by atoms with Crippen LogP contribution >= 0.6 is 0 Å². The topological polar surface area (TPSA) is 35.6 Å². The molecular formula is C15H15F3N4. The molecule has 22 heavy (non-hydrogen) atoms. The van der Waals surface area contributed by atoms with Gasteiger partial charge in [0.2, 0.25) is 0 Å². The van der Waals surface area contributed by atoms with Crippen LogP contribution in [0.5, 0.6) is 0 Å². The molecule has 116 valence electrons. The van der Waals surface area contributed by atoms with E-state index in [-0.39, 0.29) is 0 Å². The summed E-state index contributed by atoms with van der Waals surface area (Å²) in [6.07, 6.45) is -1.00. The molecule has 0 spiro atoms. The SMILES string of the molecule is CCc1c(C)nn(C)c1-n1ccc2cc(C(F)(F)F)cnc21. The molecular weight excluding hydrogens is 293 g/mol. The monoisotopic (exact) mass is 308 g/mol. The fourth-order valence-electron chi connectivity index (χ4n) is 2.75. The molecule has 0 N–H and O–H groups in total. The van der Waals surface area contributed by atoms with Crippen LogP contribution in [0.15, 0.2) is 24.5 Å². The van der Waals surface area contributed by atoms with Gasteiger partial charge in [0.15, 0.2) is 0 Å². The number of rotatable bonds is 2. The van der Waals surface area contributed by atoms with Crippen molar-refractivity contribution in [2.75, 3.05) is 0 Å². The summed E-state index contributed by atoms with van der Waals surface area (Å²) in [6, 6.07) is 2.76. The van der Waals surface area contributed by atoms with E-state index in [1.807, 2.05) is 20.9 Å².